The van der Waals surface area contributed by atoms with Crippen LogP contribution >= 0.6 is 0 Å². The highest BCUT2D eigenvalue weighted by Crippen LogP contribution is 2.29. The highest BCUT2D eigenvalue weighted by atomic mass is 16.5. The predicted molar refractivity (Wildman–Crippen MR) is 64.1 cm³/mol. The van der Waals surface area contributed by atoms with E-state index in [-0.39, 0.29) is 11.6 Å². The van der Waals surface area contributed by atoms with Gasteiger partial charge in [-0.25, -0.2) is 0 Å². The Kier molecular flexibility index (Phi) is 4.29. The number of ether oxygens (including phenoxy) is 2. The molecule has 0 aromatic heterocycles. The summed E-state index contributed by atoms with van der Waals surface area (Å²) in [5, 5.41) is 0. The van der Waals surface area contributed by atoms with Crippen molar-refractivity contribution in [1.29, 1.82) is 0 Å². The topological polar surface area (TPSA) is 56.5 Å². The molecule has 0 aliphatic rings. The van der Waals surface area contributed by atoms with Gasteiger partial charge in [0.15, 0.2) is 0 Å². The molecule has 0 saturated heterocycles. The van der Waals surface area contributed by atoms with Gasteiger partial charge in [0.25, 0.3) is 0 Å². The Bertz CT molecular complexity index is 340. The van der Waals surface area contributed by atoms with Crippen LogP contribution in [0.2, 0.25) is 0 Å². The molecule has 16 heavy (non-hydrogen) atoms. The van der Waals surface area contributed by atoms with Crippen LogP contribution in [0.1, 0.15) is 25.5 Å². The quantitative estimate of drug-likeness (QED) is 0.589. The van der Waals surface area contributed by atoms with E-state index >= 15 is 0 Å². The summed E-state index contributed by atoms with van der Waals surface area (Å²) in [4.78, 5) is 0. The summed E-state index contributed by atoms with van der Waals surface area (Å²) in [6, 6.07) is 7.69. The molecule has 0 heterocycles. The fraction of sp³-hybridized carbons (Fsp3) is 0.500. The molecule has 4 nitrogen and oxygen atoms in total. The van der Waals surface area contributed by atoms with Crippen molar-refractivity contribution in [3.8, 4) is 5.75 Å². The monoisotopic (exact) mass is 224 g/mol. The number of hydrogen-bond acceptors (Lipinski definition) is 4. The molecule has 1 atom stereocenters. The molecule has 0 amide bonds. The summed E-state index contributed by atoms with van der Waals surface area (Å²) in [7, 11) is 3.32. The van der Waals surface area contributed by atoms with E-state index in [0.717, 1.165) is 11.3 Å². The van der Waals surface area contributed by atoms with E-state index in [9.17, 15) is 0 Å². The van der Waals surface area contributed by atoms with E-state index in [0.29, 0.717) is 0 Å². The van der Waals surface area contributed by atoms with Gasteiger partial charge >= 0.3 is 0 Å². The van der Waals surface area contributed by atoms with Gasteiger partial charge in [0.2, 0.25) is 0 Å². The smallest absolute Gasteiger partial charge is 0.119 e. The summed E-state index contributed by atoms with van der Waals surface area (Å²) in [6.07, 6.45) is 0. The Labute approximate surface area is 96.7 Å². The second-order valence-corrected chi connectivity index (χ2v) is 4.18. The van der Waals surface area contributed by atoms with Crippen molar-refractivity contribution in [2.45, 2.75) is 25.5 Å². The van der Waals surface area contributed by atoms with Crippen molar-refractivity contribution in [2.75, 3.05) is 14.2 Å². The minimum absolute atomic E-state index is 0.0902. The van der Waals surface area contributed by atoms with Crippen LogP contribution in [0.25, 0.3) is 0 Å². The summed E-state index contributed by atoms with van der Waals surface area (Å²) in [5.74, 6) is 6.40. The Balaban J connectivity index is 3.03. The fourth-order valence-corrected chi connectivity index (χ4v) is 1.64. The molecule has 0 spiro atoms. The van der Waals surface area contributed by atoms with Crippen LogP contribution in [-0.2, 0) is 4.74 Å². The standard InChI is InChI=1S/C12H20N2O2/c1-12(2,16-4)11(14-13)9-6-5-7-10(8-9)15-3/h5-8,11,14H,13H2,1-4H3. The zero-order valence-corrected chi connectivity index (χ0v) is 10.3. The summed E-state index contributed by atoms with van der Waals surface area (Å²) < 4.78 is 10.6. The van der Waals surface area contributed by atoms with Crippen molar-refractivity contribution >= 4 is 0 Å². The van der Waals surface area contributed by atoms with E-state index < -0.39 is 0 Å². The largest absolute Gasteiger partial charge is 0.497 e. The van der Waals surface area contributed by atoms with E-state index in [1.807, 2.05) is 38.1 Å². The molecule has 1 unspecified atom stereocenters. The summed E-state index contributed by atoms with van der Waals surface area (Å²) in [5.41, 5.74) is 3.43. The second-order valence-electron chi connectivity index (χ2n) is 4.18. The Morgan fingerprint density at radius 1 is 1.31 bits per heavy atom. The molecule has 1 aromatic carbocycles. The van der Waals surface area contributed by atoms with Gasteiger partial charge in [-0.05, 0) is 31.5 Å². The number of hydrazine groups is 1. The number of methoxy groups -OCH3 is 2. The molecule has 90 valence electrons. The first-order valence-corrected chi connectivity index (χ1v) is 5.20. The maximum absolute atomic E-state index is 5.59. The maximum atomic E-state index is 5.59. The molecular formula is C12H20N2O2. The van der Waals surface area contributed by atoms with Gasteiger partial charge in [-0.2, -0.15) is 0 Å². The predicted octanol–water partition coefficient (Wildman–Crippen LogP) is 1.62. The van der Waals surface area contributed by atoms with Crippen molar-refractivity contribution in [3.63, 3.8) is 0 Å². The third kappa shape index (κ3) is 2.72. The Morgan fingerprint density at radius 3 is 2.50 bits per heavy atom. The van der Waals surface area contributed by atoms with Gasteiger partial charge in [-0.3, -0.25) is 11.3 Å². The van der Waals surface area contributed by atoms with Crippen LogP contribution < -0.4 is 16.0 Å². The first-order valence-electron chi connectivity index (χ1n) is 5.20. The van der Waals surface area contributed by atoms with Crippen molar-refractivity contribution < 1.29 is 9.47 Å². The Hall–Kier alpha value is -1.10. The van der Waals surface area contributed by atoms with Crippen LogP contribution in [0.3, 0.4) is 0 Å². The van der Waals surface area contributed by atoms with Crippen LogP contribution in [0.5, 0.6) is 5.75 Å². The normalized spacial score (nSPS) is 13.6. The van der Waals surface area contributed by atoms with Crippen LogP contribution in [0.4, 0.5) is 0 Å². The molecule has 4 heteroatoms. The molecule has 0 bridgehead atoms. The lowest BCUT2D eigenvalue weighted by molar-refractivity contribution is -0.0112. The van der Waals surface area contributed by atoms with Crippen molar-refractivity contribution in [1.82, 2.24) is 5.43 Å². The number of nitrogens with two attached hydrogens (primary N) is 1. The zero-order chi connectivity index (χ0) is 12.2. The van der Waals surface area contributed by atoms with Crippen molar-refractivity contribution in [2.24, 2.45) is 5.84 Å². The average molecular weight is 224 g/mol. The molecule has 3 N–H and O–H groups in total. The average Bonchev–Trinajstić information content (AvgIpc) is 2.30. The highest BCUT2D eigenvalue weighted by Gasteiger charge is 2.29. The van der Waals surface area contributed by atoms with E-state index in [1.165, 1.54) is 0 Å². The van der Waals surface area contributed by atoms with Gasteiger partial charge in [0.1, 0.15) is 5.75 Å². The summed E-state index contributed by atoms with van der Waals surface area (Å²) >= 11 is 0. The first-order chi connectivity index (χ1) is 7.55. The Morgan fingerprint density at radius 2 is 2.00 bits per heavy atom. The molecule has 0 saturated carbocycles. The lowest BCUT2D eigenvalue weighted by atomic mass is 9.92. The SMILES string of the molecule is COc1cccc(C(NN)C(C)(C)OC)c1. The minimum Gasteiger partial charge on any atom is -0.497 e. The van der Waals surface area contributed by atoms with Crippen LogP contribution in [0.15, 0.2) is 24.3 Å². The highest BCUT2D eigenvalue weighted by molar-refractivity contribution is 5.31. The van der Waals surface area contributed by atoms with Gasteiger partial charge in [0.05, 0.1) is 18.8 Å². The van der Waals surface area contributed by atoms with Gasteiger partial charge in [-0.15, -0.1) is 0 Å². The van der Waals surface area contributed by atoms with Gasteiger partial charge in [-0.1, -0.05) is 12.1 Å². The minimum atomic E-state index is -0.388. The number of nitrogens with one attached hydrogen (secondary N) is 1. The number of rotatable bonds is 5. The van der Waals surface area contributed by atoms with E-state index in [2.05, 4.69) is 5.43 Å². The fourth-order valence-electron chi connectivity index (χ4n) is 1.64. The van der Waals surface area contributed by atoms with E-state index in [1.54, 1.807) is 14.2 Å². The molecule has 1 aromatic rings. The maximum Gasteiger partial charge on any atom is 0.119 e. The van der Waals surface area contributed by atoms with E-state index in [4.69, 9.17) is 15.3 Å². The second kappa shape index (κ2) is 5.30. The number of hydrogen-bond donors (Lipinski definition) is 2. The first kappa shape index (κ1) is 13.0. The van der Waals surface area contributed by atoms with Crippen LogP contribution in [-0.4, -0.2) is 19.8 Å². The molecule has 1 rings (SSSR count). The summed E-state index contributed by atoms with van der Waals surface area (Å²) in [6.45, 7) is 3.97. The molecule has 0 aliphatic heterocycles. The molecule has 0 fully saturated rings. The third-order valence-corrected chi connectivity index (χ3v) is 2.82. The lowest BCUT2D eigenvalue weighted by Gasteiger charge is -2.33. The lowest BCUT2D eigenvalue weighted by Crippen LogP contribution is -2.43. The van der Waals surface area contributed by atoms with Crippen molar-refractivity contribution in [3.05, 3.63) is 29.8 Å². The molecular weight excluding hydrogens is 204 g/mol. The zero-order valence-electron chi connectivity index (χ0n) is 10.3. The number of benzene rings is 1. The molecule has 0 aliphatic carbocycles. The van der Waals surface area contributed by atoms with Gasteiger partial charge < -0.3 is 9.47 Å². The third-order valence-electron chi connectivity index (χ3n) is 2.82. The van der Waals surface area contributed by atoms with Crippen LogP contribution in [0, 0.1) is 0 Å². The van der Waals surface area contributed by atoms with Gasteiger partial charge in [0, 0.05) is 7.11 Å². The molecule has 0 radical (unpaired) electrons.